The van der Waals surface area contributed by atoms with Gasteiger partial charge in [0, 0.05) is 11.1 Å². The minimum absolute atomic E-state index is 0.192. The maximum absolute atomic E-state index is 12.8. The maximum atomic E-state index is 12.8. The second kappa shape index (κ2) is 7.74. The third-order valence-corrected chi connectivity index (χ3v) is 5.79. The number of aromatic nitrogens is 4. The molecular weight excluding hydrogens is 370 g/mol. The van der Waals surface area contributed by atoms with E-state index in [2.05, 4.69) is 25.7 Å². The van der Waals surface area contributed by atoms with Gasteiger partial charge >= 0.3 is 0 Å². The maximum Gasteiger partial charge on any atom is 0.274 e. The van der Waals surface area contributed by atoms with E-state index < -0.39 is 0 Å². The van der Waals surface area contributed by atoms with Crippen molar-refractivity contribution in [3.63, 3.8) is 0 Å². The lowest BCUT2D eigenvalue weighted by atomic mass is 10.1. The number of aryl methyl sites for hydroxylation is 1. The molecule has 4 aromatic rings. The lowest BCUT2D eigenvalue weighted by molar-refractivity contribution is 0.0936. The number of carbonyl (C=O) groups excluding carboxylic acids is 1. The Hall–Kier alpha value is -3.32. The van der Waals surface area contributed by atoms with Gasteiger partial charge < -0.3 is 5.32 Å². The second-order valence-corrected chi connectivity index (χ2v) is 7.45. The fraction of sp³-hybridized carbons (Fsp3) is 0.143. The predicted octanol–water partition coefficient (Wildman–Crippen LogP) is 4.39. The van der Waals surface area contributed by atoms with Gasteiger partial charge in [0.1, 0.15) is 10.7 Å². The summed E-state index contributed by atoms with van der Waals surface area (Å²) in [4.78, 5) is 18.5. The van der Waals surface area contributed by atoms with Crippen LogP contribution in [0.15, 0.2) is 60.7 Å². The van der Waals surface area contributed by atoms with E-state index in [-0.39, 0.29) is 17.6 Å². The van der Waals surface area contributed by atoms with Crippen molar-refractivity contribution < 1.29 is 4.79 Å². The van der Waals surface area contributed by atoms with E-state index in [0.29, 0.717) is 5.69 Å². The Bertz CT molecular complexity index is 1090. The van der Waals surface area contributed by atoms with Crippen molar-refractivity contribution in [3.05, 3.63) is 76.9 Å². The molecule has 0 bridgehead atoms. The summed E-state index contributed by atoms with van der Waals surface area (Å²) < 4.78 is 0. The summed E-state index contributed by atoms with van der Waals surface area (Å²) in [5.74, 6) is -0.269. The van der Waals surface area contributed by atoms with E-state index in [1.54, 1.807) is 11.3 Å². The van der Waals surface area contributed by atoms with Crippen LogP contribution in [-0.4, -0.2) is 26.3 Å². The van der Waals surface area contributed by atoms with Gasteiger partial charge in [0.05, 0.1) is 16.6 Å². The molecule has 1 unspecified atom stereocenters. The van der Waals surface area contributed by atoms with Crippen LogP contribution in [0.4, 0.5) is 0 Å². The van der Waals surface area contributed by atoms with Crippen molar-refractivity contribution in [3.8, 4) is 21.8 Å². The lowest BCUT2D eigenvalue weighted by Crippen LogP contribution is -2.27. The van der Waals surface area contributed by atoms with Crippen molar-refractivity contribution >= 4 is 17.2 Å². The van der Waals surface area contributed by atoms with E-state index in [1.165, 1.54) is 0 Å². The molecule has 0 spiro atoms. The van der Waals surface area contributed by atoms with E-state index in [9.17, 15) is 4.79 Å². The van der Waals surface area contributed by atoms with E-state index >= 15 is 0 Å². The van der Waals surface area contributed by atoms with Gasteiger partial charge in [0.15, 0.2) is 5.69 Å². The lowest BCUT2D eigenvalue weighted by Gasteiger charge is -2.12. The van der Waals surface area contributed by atoms with Gasteiger partial charge in [-0.25, -0.2) is 4.98 Å². The first-order valence-corrected chi connectivity index (χ1v) is 9.75. The van der Waals surface area contributed by atoms with Gasteiger partial charge in [-0.3, -0.25) is 4.79 Å². The molecule has 2 N–H and O–H groups in total. The Morgan fingerprint density at radius 1 is 1.00 bits per heavy atom. The van der Waals surface area contributed by atoms with Crippen LogP contribution in [0.3, 0.4) is 0 Å². The summed E-state index contributed by atoms with van der Waals surface area (Å²) >= 11 is 1.59. The van der Waals surface area contributed by atoms with Gasteiger partial charge in [-0.15, -0.1) is 11.3 Å². The average Bonchev–Trinajstić information content (AvgIpc) is 3.36. The molecule has 0 fully saturated rings. The van der Waals surface area contributed by atoms with E-state index in [4.69, 9.17) is 0 Å². The first-order chi connectivity index (χ1) is 13.6. The number of hydrogen-bond acceptors (Lipinski definition) is 5. The highest BCUT2D eigenvalue weighted by atomic mass is 32.1. The van der Waals surface area contributed by atoms with Crippen LogP contribution in [0, 0.1) is 6.92 Å². The van der Waals surface area contributed by atoms with Crippen LogP contribution >= 0.6 is 11.3 Å². The molecule has 6 nitrogen and oxygen atoms in total. The van der Waals surface area contributed by atoms with Gasteiger partial charge in [-0.1, -0.05) is 60.7 Å². The minimum Gasteiger partial charge on any atom is -0.343 e. The third kappa shape index (κ3) is 3.57. The van der Waals surface area contributed by atoms with Crippen LogP contribution in [0.5, 0.6) is 0 Å². The number of carbonyl (C=O) groups is 1. The van der Waals surface area contributed by atoms with Gasteiger partial charge in [-0.2, -0.15) is 15.4 Å². The summed E-state index contributed by atoms with van der Waals surface area (Å²) in [6.45, 7) is 3.92. The number of nitrogens with zero attached hydrogens (tertiary/aromatic N) is 3. The zero-order chi connectivity index (χ0) is 19.5. The number of hydrogen-bond donors (Lipinski definition) is 2. The highest BCUT2D eigenvalue weighted by Gasteiger charge is 2.22. The fourth-order valence-electron chi connectivity index (χ4n) is 3.03. The third-order valence-electron chi connectivity index (χ3n) is 4.40. The molecule has 1 atom stereocenters. The number of aromatic amines is 1. The molecule has 2 aromatic carbocycles. The zero-order valence-electron chi connectivity index (χ0n) is 15.5. The molecule has 140 valence electrons. The normalized spacial score (nSPS) is 11.9. The number of benzene rings is 2. The first kappa shape index (κ1) is 18.1. The molecule has 0 radical (unpaired) electrons. The molecule has 0 aliphatic carbocycles. The quantitative estimate of drug-likeness (QED) is 0.530. The largest absolute Gasteiger partial charge is 0.343 e. The van der Waals surface area contributed by atoms with Crippen molar-refractivity contribution in [1.29, 1.82) is 0 Å². The Balaban J connectivity index is 1.55. The van der Waals surface area contributed by atoms with Crippen molar-refractivity contribution in [1.82, 2.24) is 25.7 Å². The molecular formula is C21H19N5OS. The van der Waals surface area contributed by atoms with Gasteiger partial charge in [-0.05, 0) is 13.8 Å². The summed E-state index contributed by atoms with van der Waals surface area (Å²) in [6, 6.07) is 19.4. The summed E-state index contributed by atoms with van der Waals surface area (Å²) in [5, 5.41) is 14.7. The molecule has 0 aliphatic rings. The molecule has 2 aromatic heterocycles. The van der Waals surface area contributed by atoms with Gasteiger partial charge in [0.2, 0.25) is 0 Å². The fourth-order valence-corrected chi connectivity index (χ4v) is 4.11. The summed E-state index contributed by atoms with van der Waals surface area (Å²) in [5.41, 5.74) is 3.65. The zero-order valence-corrected chi connectivity index (χ0v) is 16.3. The number of thiazole rings is 1. The van der Waals surface area contributed by atoms with E-state index in [1.807, 2.05) is 74.5 Å². The number of H-pyrrole nitrogens is 1. The molecule has 28 heavy (non-hydrogen) atoms. The Morgan fingerprint density at radius 3 is 2.32 bits per heavy atom. The Morgan fingerprint density at radius 2 is 1.64 bits per heavy atom. The molecule has 7 heteroatoms. The summed E-state index contributed by atoms with van der Waals surface area (Å²) in [6.07, 6.45) is 0. The topological polar surface area (TPSA) is 83.6 Å². The minimum atomic E-state index is -0.269. The number of nitrogens with one attached hydrogen (secondary N) is 2. The standard InChI is InChI=1S/C21H19N5OS/c1-13(19-14(2)23-21(28-19)16-11-7-4-8-12-16)22-20(27)18-17(24-26-25-18)15-9-5-3-6-10-15/h3-13H,1-2H3,(H,22,27)(H,24,25,26). The Labute approximate surface area is 166 Å². The molecule has 0 saturated heterocycles. The highest BCUT2D eigenvalue weighted by molar-refractivity contribution is 7.15. The average molecular weight is 389 g/mol. The molecule has 2 heterocycles. The highest BCUT2D eigenvalue weighted by Crippen LogP contribution is 2.32. The molecule has 0 saturated carbocycles. The van der Waals surface area contributed by atoms with Crippen molar-refractivity contribution in [2.75, 3.05) is 0 Å². The molecule has 4 rings (SSSR count). The van der Waals surface area contributed by atoms with Crippen molar-refractivity contribution in [2.45, 2.75) is 19.9 Å². The van der Waals surface area contributed by atoms with Crippen LogP contribution in [0.2, 0.25) is 0 Å². The van der Waals surface area contributed by atoms with E-state index in [0.717, 1.165) is 26.7 Å². The SMILES string of the molecule is Cc1nc(-c2ccccc2)sc1C(C)NC(=O)c1n[nH]nc1-c1ccccc1. The Kier molecular flexibility index (Phi) is 4.99. The number of rotatable bonds is 5. The van der Waals surface area contributed by atoms with Crippen LogP contribution < -0.4 is 5.32 Å². The van der Waals surface area contributed by atoms with Crippen LogP contribution in [-0.2, 0) is 0 Å². The first-order valence-electron chi connectivity index (χ1n) is 8.93. The molecule has 0 aliphatic heterocycles. The summed E-state index contributed by atoms with van der Waals surface area (Å²) in [7, 11) is 0. The number of amides is 1. The van der Waals surface area contributed by atoms with Crippen LogP contribution in [0.1, 0.15) is 34.0 Å². The molecule has 1 amide bonds. The monoisotopic (exact) mass is 389 g/mol. The smallest absolute Gasteiger partial charge is 0.274 e. The van der Waals surface area contributed by atoms with Crippen LogP contribution in [0.25, 0.3) is 21.8 Å². The second-order valence-electron chi connectivity index (χ2n) is 6.42. The van der Waals surface area contributed by atoms with Crippen molar-refractivity contribution in [2.24, 2.45) is 0 Å². The van der Waals surface area contributed by atoms with Gasteiger partial charge in [0.25, 0.3) is 5.91 Å². The predicted molar refractivity (Wildman–Crippen MR) is 110 cm³/mol.